The maximum Gasteiger partial charge on any atom is 0.558 e. The third-order valence-corrected chi connectivity index (χ3v) is 1.79. The molecule has 0 spiro atoms. The van der Waals surface area contributed by atoms with Gasteiger partial charge in [0.1, 0.15) is 0 Å². The van der Waals surface area contributed by atoms with Gasteiger partial charge in [-0.05, 0) is 27.7 Å². The predicted molar refractivity (Wildman–Crippen MR) is 93.2 cm³/mol. The molecule has 0 heterocycles. The van der Waals surface area contributed by atoms with E-state index in [0.29, 0.717) is 0 Å². The van der Waals surface area contributed by atoms with Crippen LogP contribution < -0.4 is 0 Å². The number of aliphatic carboxylic acids is 2. The van der Waals surface area contributed by atoms with Crippen molar-refractivity contribution in [2.45, 2.75) is 27.7 Å². The highest BCUT2D eigenvalue weighted by atomic mass is 17.2. The first-order chi connectivity index (χ1) is 12.1. The van der Waals surface area contributed by atoms with Crippen molar-refractivity contribution in [3.8, 4) is 0 Å². The number of carbonyl (C=O) groups is 5. The molecule has 0 radical (unpaired) electrons. The summed E-state index contributed by atoms with van der Waals surface area (Å²) in [5.41, 5.74) is 0.400. The van der Waals surface area contributed by atoms with Crippen LogP contribution in [0.1, 0.15) is 27.7 Å². The molecule has 0 amide bonds. The molecular weight excluding hydrogens is 364 g/mol. The number of hydrogen-bond donors (Lipinski definition) is 2. The van der Waals surface area contributed by atoms with Crippen LogP contribution in [0.3, 0.4) is 0 Å². The fraction of sp³-hybridized carbons (Fsp3) is 0.235. The Morgan fingerprint density at radius 3 is 1.11 bits per heavy atom. The Morgan fingerprint density at radius 2 is 0.889 bits per heavy atom. The summed E-state index contributed by atoms with van der Waals surface area (Å²) in [5, 5.41) is 15.8. The van der Waals surface area contributed by atoms with Gasteiger partial charge < -0.3 is 14.9 Å². The van der Waals surface area contributed by atoms with Crippen molar-refractivity contribution in [2.75, 3.05) is 0 Å². The van der Waals surface area contributed by atoms with Crippen LogP contribution in [0.4, 0.5) is 4.79 Å². The topological polar surface area (TPSA) is 153 Å². The minimum Gasteiger partial charge on any atom is -0.478 e. The van der Waals surface area contributed by atoms with Gasteiger partial charge in [0, 0.05) is 22.3 Å². The second kappa shape index (κ2) is 14.6. The average Bonchev–Trinajstić information content (AvgIpc) is 2.53. The molecule has 27 heavy (non-hydrogen) atoms. The van der Waals surface area contributed by atoms with E-state index in [0.717, 1.165) is 0 Å². The van der Waals surface area contributed by atoms with Crippen LogP contribution in [0.15, 0.2) is 48.6 Å². The summed E-state index contributed by atoms with van der Waals surface area (Å²) < 4.78 is 4.04. The Labute approximate surface area is 155 Å². The third-order valence-electron chi connectivity index (χ3n) is 1.79. The SMILES string of the molecule is C=C(C)C(=O)O.C=C(C)C(=O)O.C=C(C)C(=O)OOC(=O)OC(=O)C(=C)C. The summed E-state index contributed by atoms with van der Waals surface area (Å²) in [6.45, 7) is 18.4. The van der Waals surface area contributed by atoms with Crippen LogP contribution in [0, 0.1) is 0 Å². The average molecular weight is 386 g/mol. The molecule has 150 valence electrons. The molecule has 0 aromatic carbocycles. The Morgan fingerprint density at radius 1 is 0.593 bits per heavy atom. The standard InChI is InChI=1S/C9H10O6.2C4H6O2/c1-5(2)7(10)13-9(12)15-14-8(11)6(3)4;2*1-3(2)4(5)6/h1,3H2,2,4H3;2*1H2,2H3,(H,5,6). The highest BCUT2D eigenvalue weighted by molar-refractivity contribution is 5.93. The van der Waals surface area contributed by atoms with E-state index in [1.807, 2.05) is 0 Å². The van der Waals surface area contributed by atoms with Gasteiger partial charge in [-0.25, -0.2) is 29.0 Å². The molecule has 0 aliphatic rings. The maximum absolute atomic E-state index is 10.8. The number of carboxylic acids is 2. The van der Waals surface area contributed by atoms with Crippen molar-refractivity contribution in [3.05, 3.63) is 48.6 Å². The van der Waals surface area contributed by atoms with Gasteiger partial charge in [0.2, 0.25) is 0 Å². The molecule has 0 aromatic rings. The molecule has 2 N–H and O–H groups in total. The summed E-state index contributed by atoms with van der Waals surface area (Å²) in [4.78, 5) is 59.1. The fourth-order valence-electron chi connectivity index (χ4n) is 0.323. The largest absolute Gasteiger partial charge is 0.558 e. The number of ether oxygens (including phenoxy) is 1. The smallest absolute Gasteiger partial charge is 0.478 e. The summed E-state index contributed by atoms with van der Waals surface area (Å²) >= 11 is 0. The van der Waals surface area contributed by atoms with E-state index in [-0.39, 0.29) is 22.3 Å². The number of hydrogen-bond acceptors (Lipinski definition) is 8. The molecule has 0 fully saturated rings. The van der Waals surface area contributed by atoms with Gasteiger partial charge in [0.25, 0.3) is 0 Å². The first kappa shape index (κ1) is 28.1. The summed E-state index contributed by atoms with van der Waals surface area (Å²) in [5.74, 6) is -3.77. The summed E-state index contributed by atoms with van der Waals surface area (Å²) in [6, 6.07) is 0. The zero-order chi connectivity index (χ0) is 22.3. The zero-order valence-electron chi connectivity index (χ0n) is 15.5. The first-order valence-electron chi connectivity index (χ1n) is 6.87. The van der Waals surface area contributed by atoms with Crippen molar-refractivity contribution < 1.29 is 48.7 Å². The van der Waals surface area contributed by atoms with Gasteiger partial charge in [-0.1, -0.05) is 26.3 Å². The highest BCUT2D eigenvalue weighted by Gasteiger charge is 2.15. The van der Waals surface area contributed by atoms with Crippen LogP contribution >= 0.6 is 0 Å². The van der Waals surface area contributed by atoms with E-state index in [9.17, 15) is 24.0 Å². The van der Waals surface area contributed by atoms with Gasteiger partial charge in [-0.3, -0.25) is 0 Å². The fourth-order valence-corrected chi connectivity index (χ4v) is 0.323. The Kier molecular flexibility index (Phi) is 15.2. The highest BCUT2D eigenvalue weighted by Crippen LogP contribution is 1.98. The second-order valence-corrected chi connectivity index (χ2v) is 4.83. The van der Waals surface area contributed by atoms with E-state index in [1.165, 1.54) is 27.7 Å². The van der Waals surface area contributed by atoms with Gasteiger partial charge in [-0.15, -0.1) is 0 Å². The zero-order valence-corrected chi connectivity index (χ0v) is 15.5. The molecule has 10 heteroatoms. The third kappa shape index (κ3) is 20.3. The lowest BCUT2D eigenvalue weighted by atomic mass is 10.4. The minimum atomic E-state index is -1.45. The molecule has 0 bridgehead atoms. The molecule has 0 aromatic heterocycles. The maximum atomic E-state index is 10.8. The summed E-state index contributed by atoms with van der Waals surface area (Å²) in [7, 11) is 0. The van der Waals surface area contributed by atoms with Crippen LogP contribution in [-0.4, -0.2) is 40.2 Å². The van der Waals surface area contributed by atoms with Crippen LogP contribution in [0.25, 0.3) is 0 Å². The normalized spacial score (nSPS) is 8.15. The van der Waals surface area contributed by atoms with Gasteiger partial charge in [-0.2, -0.15) is 4.79 Å². The Balaban J connectivity index is -0.000000394. The van der Waals surface area contributed by atoms with Crippen LogP contribution in [-0.2, 0) is 33.7 Å². The number of esters is 1. The van der Waals surface area contributed by atoms with Crippen LogP contribution in [0.2, 0.25) is 0 Å². The molecule has 0 aliphatic heterocycles. The molecular formula is C17H22O10. The minimum absolute atomic E-state index is 0.0122. The van der Waals surface area contributed by atoms with Gasteiger partial charge in [0.05, 0.1) is 0 Å². The van der Waals surface area contributed by atoms with E-state index >= 15 is 0 Å². The Hall–Kier alpha value is -3.69. The van der Waals surface area contributed by atoms with Crippen molar-refractivity contribution in [1.29, 1.82) is 0 Å². The molecule has 0 rings (SSSR count). The Bertz CT molecular complexity index is 607. The van der Waals surface area contributed by atoms with Crippen molar-refractivity contribution in [2.24, 2.45) is 0 Å². The number of rotatable bonds is 4. The number of carboxylic acid groups (broad SMARTS) is 2. The van der Waals surface area contributed by atoms with Crippen LogP contribution in [0.5, 0.6) is 0 Å². The van der Waals surface area contributed by atoms with Gasteiger partial charge in [0.15, 0.2) is 0 Å². The van der Waals surface area contributed by atoms with E-state index in [4.69, 9.17) is 10.2 Å². The lowest BCUT2D eigenvalue weighted by Crippen LogP contribution is -2.17. The van der Waals surface area contributed by atoms with Crippen molar-refractivity contribution in [3.63, 3.8) is 0 Å². The van der Waals surface area contributed by atoms with Gasteiger partial charge >= 0.3 is 30.0 Å². The van der Waals surface area contributed by atoms with E-state index in [1.54, 1.807) is 0 Å². The monoisotopic (exact) mass is 386 g/mol. The summed E-state index contributed by atoms with van der Waals surface area (Å²) in [6.07, 6.45) is -1.45. The second-order valence-electron chi connectivity index (χ2n) is 4.83. The van der Waals surface area contributed by atoms with Crippen molar-refractivity contribution >= 4 is 30.0 Å². The van der Waals surface area contributed by atoms with E-state index < -0.39 is 30.0 Å². The molecule has 0 saturated heterocycles. The number of carbonyl (C=O) groups excluding carboxylic acids is 3. The molecule has 0 saturated carbocycles. The van der Waals surface area contributed by atoms with E-state index in [2.05, 4.69) is 40.8 Å². The quantitative estimate of drug-likeness (QED) is 0.242. The lowest BCUT2D eigenvalue weighted by Gasteiger charge is -2.02. The molecule has 0 atom stereocenters. The molecule has 0 unspecified atom stereocenters. The van der Waals surface area contributed by atoms with Crippen molar-refractivity contribution in [1.82, 2.24) is 0 Å². The molecule has 10 nitrogen and oxygen atoms in total. The lowest BCUT2D eigenvalue weighted by molar-refractivity contribution is -0.238. The first-order valence-corrected chi connectivity index (χ1v) is 6.87. The molecule has 0 aliphatic carbocycles. The predicted octanol–water partition coefficient (Wildman–Crippen LogP) is 2.57.